The smallest absolute Gasteiger partial charge is 0.257 e. The first kappa shape index (κ1) is 14.4. The van der Waals surface area contributed by atoms with Gasteiger partial charge in [0.25, 0.3) is 5.91 Å². The van der Waals surface area contributed by atoms with Crippen LogP contribution in [-0.4, -0.2) is 19.6 Å². The highest BCUT2D eigenvalue weighted by atomic mass is 16.5. The number of hydrogen-bond acceptors (Lipinski definition) is 4. The summed E-state index contributed by atoms with van der Waals surface area (Å²) in [6.07, 6.45) is 0. The molecule has 0 bridgehead atoms. The van der Waals surface area contributed by atoms with Gasteiger partial charge in [-0.3, -0.25) is 4.79 Å². The van der Waals surface area contributed by atoms with Gasteiger partial charge in [0.15, 0.2) is 6.61 Å². The number of anilines is 2. The molecule has 0 unspecified atom stereocenters. The third kappa shape index (κ3) is 3.74. The van der Waals surface area contributed by atoms with E-state index in [1.807, 2.05) is 24.3 Å². The van der Waals surface area contributed by atoms with Crippen LogP contribution >= 0.6 is 0 Å². The van der Waals surface area contributed by atoms with Crippen LogP contribution in [0, 0.1) is 11.3 Å². The predicted octanol–water partition coefficient (Wildman–Crippen LogP) is 2.88. The molecule has 0 aliphatic carbocycles. The van der Waals surface area contributed by atoms with Gasteiger partial charge in [0.05, 0.1) is 5.56 Å². The summed E-state index contributed by atoms with van der Waals surface area (Å²) in [5, 5.41) is 14.2. The van der Waals surface area contributed by atoms with Crippen molar-refractivity contribution in [2.45, 2.75) is 0 Å². The lowest BCUT2D eigenvalue weighted by molar-refractivity contribution is 0.102. The zero-order valence-corrected chi connectivity index (χ0v) is 11.6. The summed E-state index contributed by atoms with van der Waals surface area (Å²) in [7, 11) is 1.77. The number of nitrogens with zero attached hydrogens (tertiary/aromatic N) is 1. The summed E-state index contributed by atoms with van der Waals surface area (Å²) in [5.74, 6) is 0.399. The maximum atomic E-state index is 12.2. The zero-order valence-electron chi connectivity index (χ0n) is 11.6. The fourth-order valence-corrected chi connectivity index (χ4v) is 1.85. The number of para-hydroxylation sites is 1. The van der Waals surface area contributed by atoms with Crippen molar-refractivity contribution in [3.63, 3.8) is 0 Å². The third-order valence-electron chi connectivity index (χ3n) is 2.86. The average molecular weight is 281 g/mol. The first-order chi connectivity index (χ1) is 10.2. The van der Waals surface area contributed by atoms with Crippen molar-refractivity contribution in [3.8, 4) is 11.8 Å². The summed E-state index contributed by atoms with van der Waals surface area (Å²) in [4.78, 5) is 12.2. The number of amides is 1. The minimum Gasteiger partial charge on any atom is -0.479 e. The molecule has 0 aliphatic rings. The molecule has 21 heavy (non-hydrogen) atoms. The molecule has 1 amide bonds. The van der Waals surface area contributed by atoms with Gasteiger partial charge in [-0.05, 0) is 36.4 Å². The van der Waals surface area contributed by atoms with Gasteiger partial charge in [-0.1, -0.05) is 12.1 Å². The van der Waals surface area contributed by atoms with Crippen molar-refractivity contribution in [2.75, 3.05) is 24.3 Å². The zero-order chi connectivity index (χ0) is 15.1. The Hall–Kier alpha value is -3.00. The monoisotopic (exact) mass is 281 g/mol. The lowest BCUT2D eigenvalue weighted by Crippen LogP contribution is -2.13. The van der Waals surface area contributed by atoms with E-state index < -0.39 is 0 Å². The molecule has 0 atom stereocenters. The van der Waals surface area contributed by atoms with Gasteiger partial charge in [-0.15, -0.1) is 0 Å². The molecule has 5 heteroatoms. The molecule has 106 valence electrons. The van der Waals surface area contributed by atoms with Crippen LogP contribution in [-0.2, 0) is 0 Å². The minimum atomic E-state index is -0.189. The van der Waals surface area contributed by atoms with Crippen molar-refractivity contribution in [3.05, 3.63) is 54.1 Å². The maximum Gasteiger partial charge on any atom is 0.257 e. The van der Waals surface area contributed by atoms with E-state index in [9.17, 15) is 4.79 Å². The molecule has 0 spiro atoms. The van der Waals surface area contributed by atoms with Gasteiger partial charge < -0.3 is 15.4 Å². The summed E-state index contributed by atoms with van der Waals surface area (Å²) in [6, 6.07) is 16.0. The van der Waals surface area contributed by atoms with Crippen LogP contribution in [0.2, 0.25) is 0 Å². The van der Waals surface area contributed by atoms with E-state index in [1.165, 1.54) is 0 Å². The van der Waals surface area contributed by atoms with Gasteiger partial charge >= 0.3 is 0 Å². The topological polar surface area (TPSA) is 74.2 Å². The van der Waals surface area contributed by atoms with Crippen LogP contribution in [0.1, 0.15) is 10.4 Å². The van der Waals surface area contributed by atoms with Gasteiger partial charge in [-0.2, -0.15) is 5.26 Å². The Balaban J connectivity index is 2.07. The minimum absolute atomic E-state index is 0.00124. The van der Waals surface area contributed by atoms with Crippen molar-refractivity contribution in [1.82, 2.24) is 0 Å². The van der Waals surface area contributed by atoms with Gasteiger partial charge in [0, 0.05) is 18.4 Å². The Morgan fingerprint density at radius 2 is 1.90 bits per heavy atom. The van der Waals surface area contributed by atoms with E-state index in [-0.39, 0.29) is 12.5 Å². The van der Waals surface area contributed by atoms with E-state index in [0.717, 1.165) is 5.69 Å². The molecular weight excluding hydrogens is 266 g/mol. The number of rotatable bonds is 5. The first-order valence-electron chi connectivity index (χ1n) is 6.42. The Morgan fingerprint density at radius 1 is 1.19 bits per heavy atom. The van der Waals surface area contributed by atoms with Crippen LogP contribution in [0.5, 0.6) is 5.75 Å². The number of benzene rings is 2. The number of hydrogen-bond donors (Lipinski definition) is 2. The second-order valence-electron chi connectivity index (χ2n) is 4.22. The molecule has 0 radical (unpaired) electrons. The van der Waals surface area contributed by atoms with Gasteiger partial charge in [-0.25, -0.2) is 0 Å². The number of ether oxygens (including phenoxy) is 1. The van der Waals surface area contributed by atoms with E-state index >= 15 is 0 Å². The quantitative estimate of drug-likeness (QED) is 0.883. The average Bonchev–Trinajstić information content (AvgIpc) is 2.54. The normalized spacial score (nSPS) is 9.52. The predicted molar refractivity (Wildman–Crippen MR) is 81.5 cm³/mol. The van der Waals surface area contributed by atoms with Crippen LogP contribution in [0.15, 0.2) is 48.5 Å². The maximum absolute atomic E-state index is 12.2. The Kier molecular flexibility index (Phi) is 4.78. The molecule has 0 aromatic heterocycles. The van der Waals surface area contributed by atoms with Crippen molar-refractivity contribution in [1.29, 1.82) is 5.26 Å². The highest BCUT2D eigenvalue weighted by Gasteiger charge is 2.10. The molecule has 0 saturated heterocycles. The standard InChI is InChI=1S/C16H15N3O2/c1-18-15-5-3-2-4-14(15)16(20)19-12-6-8-13(9-7-12)21-11-10-17/h2-9,18H,11H2,1H3,(H,19,20). The fraction of sp³-hybridized carbons (Fsp3) is 0.125. The molecule has 0 fully saturated rings. The largest absolute Gasteiger partial charge is 0.479 e. The molecule has 5 nitrogen and oxygen atoms in total. The van der Waals surface area contributed by atoms with E-state index in [1.54, 1.807) is 37.4 Å². The van der Waals surface area contributed by atoms with Crippen LogP contribution in [0.3, 0.4) is 0 Å². The second kappa shape index (κ2) is 6.96. The number of nitrogens with one attached hydrogen (secondary N) is 2. The second-order valence-corrected chi connectivity index (χ2v) is 4.22. The highest BCUT2D eigenvalue weighted by Crippen LogP contribution is 2.19. The van der Waals surface area contributed by atoms with E-state index in [2.05, 4.69) is 10.6 Å². The highest BCUT2D eigenvalue weighted by molar-refractivity contribution is 6.08. The Bertz CT molecular complexity index is 660. The van der Waals surface area contributed by atoms with Gasteiger partial charge in [0.1, 0.15) is 11.8 Å². The summed E-state index contributed by atoms with van der Waals surface area (Å²) >= 11 is 0. The van der Waals surface area contributed by atoms with E-state index in [4.69, 9.17) is 10.00 Å². The molecule has 2 N–H and O–H groups in total. The summed E-state index contributed by atoms with van der Waals surface area (Å²) in [6.45, 7) is 0.00124. The van der Waals surface area contributed by atoms with E-state index in [0.29, 0.717) is 17.0 Å². The number of carbonyl (C=O) groups is 1. The molecule has 2 aromatic rings. The Labute approximate surface area is 123 Å². The molecule has 0 heterocycles. The van der Waals surface area contributed by atoms with Gasteiger partial charge in [0.2, 0.25) is 0 Å². The molecule has 0 saturated carbocycles. The summed E-state index contributed by atoms with van der Waals surface area (Å²) < 4.78 is 5.15. The molecule has 2 rings (SSSR count). The molecule has 0 aliphatic heterocycles. The SMILES string of the molecule is CNc1ccccc1C(=O)Nc1ccc(OCC#N)cc1. The van der Waals surface area contributed by atoms with Crippen molar-refractivity contribution >= 4 is 17.3 Å². The third-order valence-corrected chi connectivity index (χ3v) is 2.86. The van der Waals surface area contributed by atoms with Crippen LogP contribution in [0.25, 0.3) is 0 Å². The summed E-state index contributed by atoms with van der Waals surface area (Å²) in [5.41, 5.74) is 2.00. The number of nitriles is 1. The molecule has 2 aromatic carbocycles. The fourth-order valence-electron chi connectivity index (χ4n) is 1.85. The van der Waals surface area contributed by atoms with Crippen molar-refractivity contribution < 1.29 is 9.53 Å². The Morgan fingerprint density at radius 3 is 2.57 bits per heavy atom. The van der Waals surface area contributed by atoms with Crippen molar-refractivity contribution in [2.24, 2.45) is 0 Å². The lowest BCUT2D eigenvalue weighted by atomic mass is 10.1. The van der Waals surface area contributed by atoms with Crippen LogP contribution in [0.4, 0.5) is 11.4 Å². The molecular formula is C16H15N3O2. The first-order valence-corrected chi connectivity index (χ1v) is 6.42. The number of carbonyl (C=O) groups excluding carboxylic acids is 1. The lowest BCUT2D eigenvalue weighted by Gasteiger charge is -2.10. The van der Waals surface area contributed by atoms with Crippen LogP contribution < -0.4 is 15.4 Å².